The van der Waals surface area contributed by atoms with E-state index in [0.29, 0.717) is 6.61 Å². The van der Waals surface area contributed by atoms with Gasteiger partial charge in [-0.05, 0) is 34.5 Å². The first-order valence-electron chi connectivity index (χ1n) is 5.65. The Kier molecular flexibility index (Phi) is 2.83. The highest BCUT2D eigenvalue weighted by molar-refractivity contribution is 9.10. The molecule has 0 bridgehead atoms. The third-order valence-corrected chi connectivity index (χ3v) is 3.74. The Labute approximate surface area is 112 Å². The molecule has 1 atom stereocenters. The van der Waals surface area contributed by atoms with Crippen molar-refractivity contribution in [1.82, 2.24) is 9.38 Å². The molecule has 2 aromatic heterocycles. The van der Waals surface area contributed by atoms with Crippen LogP contribution in [0, 0.1) is 0 Å². The zero-order chi connectivity index (χ0) is 12.7. The fourth-order valence-corrected chi connectivity index (χ4v) is 2.73. The number of pyridine rings is 1. The Morgan fingerprint density at radius 2 is 2.39 bits per heavy atom. The van der Waals surface area contributed by atoms with Gasteiger partial charge in [-0.2, -0.15) is 0 Å². The highest BCUT2D eigenvalue weighted by Gasteiger charge is 2.24. The summed E-state index contributed by atoms with van der Waals surface area (Å²) < 4.78 is 7.94. The molecule has 1 N–H and O–H groups in total. The lowest BCUT2D eigenvalue weighted by Gasteiger charge is -2.06. The smallest absolute Gasteiger partial charge is 0.337 e. The van der Waals surface area contributed by atoms with Crippen molar-refractivity contribution >= 4 is 27.4 Å². The molecular formula is C12H11BrN2O3. The van der Waals surface area contributed by atoms with Gasteiger partial charge in [0.05, 0.1) is 17.7 Å². The van der Waals surface area contributed by atoms with Gasteiger partial charge in [-0.15, -0.1) is 0 Å². The lowest BCUT2D eigenvalue weighted by atomic mass is 10.1. The number of fused-ring (bicyclic) bond motifs is 1. The second-order valence-corrected chi connectivity index (χ2v) is 5.05. The van der Waals surface area contributed by atoms with Crippen molar-refractivity contribution in [2.24, 2.45) is 0 Å². The number of carboxylic acids is 1. The van der Waals surface area contributed by atoms with E-state index in [4.69, 9.17) is 9.84 Å². The molecule has 0 amide bonds. The van der Waals surface area contributed by atoms with E-state index in [0.717, 1.165) is 29.0 Å². The van der Waals surface area contributed by atoms with Crippen LogP contribution < -0.4 is 0 Å². The number of carboxylic acid groups (broad SMARTS) is 1. The SMILES string of the molecule is O=C(O)c1ccc2c(Br)nc(C3CCOC3)n2c1. The molecule has 0 spiro atoms. The number of aromatic carboxylic acids is 1. The maximum absolute atomic E-state index is 11.0. The Bertz CT molecular complexity index is 617. The molecule has 3 heterocycles. The number of rotatable bonds is 2. The van der Waals surface area contributed by atoms with Crippen LogP contribution in [0.15, 0.2) is 22.9 Å². The van der Waals surface area contributed by atoms with E-state index in [1.807, 2.05) is 4.40 Å². The van der Waals surface area contributed by atoms with Gasteiger partial charge in [0, 0.05) is 18.7 Å². The average Bonchev–Trinajstić information content (AvgIpc) is 2.97. The van der Waals surface area contributed by atoms with E-state index in [2.05, 4.69) is 20.9 Å². The molecule has 3 rings (SSSR count). The van der Waals surface area contributed by atoms with E-state index in [1.165, 1.54) is 0 Å². The van der Waals surface area contributed by atoms with Crippen molar-refractivity contribution in [3.8, 4) is 0 Å². The summed E-state index contributed by atoms with van der Waals surface area (Å²) in [5.41, 5.74) is 1.13. The lowest BCUT2D eigenvalue weighted by Crippen LogP contribution is -2.06. The zero-order valence-corrected chi connectivity index (χ0v) is 11.1. The number of aromatic nitrogens is 2. The molecule has 1 fully saturated rings. The minimum Gasteiger partial charge on any atom is -0.478 e. The topological polar surface area (TPSA) is 63.8 Å². The monoisotopic (exact) mass is 310 g/mol. The van der Waals surface area contributed by atoms with Crippen LogP contribution in [0.5, 0.6) is 0 Å². The van der Waals surface area contributed by atoms with Gasteiger partial charge in [0.15, 0.2) is 0 Å². The van der Waals surface area contributed by atoms with Gasteiger partial charge < -0.3 is 14.2 Å². The molecule has 2 aromatic rings. The summed E-state index contributed by atoms with van der Waals surface area (Å²) in [6.45, 7) is 1.37. The van der Waals surface area contributed by atoms with Crippen molar-refractivity contribution < 1.29 is 14.6 Å². The van der Waals surface area contributed by atoms with Crippen LogP contribution >= 0.6 is 15.9 Å². The zero-order valence-electron chi connectivity index (χ0n) is 9.47. The molecule has 6 heteroatoms. The van der Waals surface area contributed by atoms with E-state index >= 15 is 0 Å². The van der Waals surface area contributed by atoms with Crippen molar-refractivity contribution in [1.29, 1.82) is 0 Å². The van der Waals surface area contributed by atoms with Crippen LogP contribution in [-0.4, -0.2) is 33.7 Å². The van der Waals surface area contributed by atoms with E-state index in [9.17, 15) is 4.79 Å². The molecule has 0 aromatic carbocycles. The molecule has 1 saturated heterocycles. The van der Waals surface area contributed by atoms with Gasteiger partial charge in [-0.25, -0.2) is 9.78 Å². The van der Waals surface area contributed by atoms with Crippen molar-refractivity contribution in [2.45, 2.75) is 12.3 Å². The summed E-state index contributed by atoms with van der Waals surface area (Å²) in [6, 6.07) is 3.35. The highest BCUT2D eigenvalue weighted by atomic mass is 79.9. The lowest BCUT2D eigenvalue weighted by molar-refractivity contribution is 0.0696. The highest BCUT2D eigenvalue weighted by Crippen LogP contribution is 2.29. The summed E-state index contributed by atoms with van der Waals surface area (Å²) >= 11 is 3.41. The first-order chi connectivity index (χ1) is 8.66. The first-order valence-corrected chi connectivity index (χ1v) is 6.44. The van der Waals surface area contributed by atoms with E-state index in [1.54, 1.807) is 18.3 Å². The average molecular weight is 311 g/mol. The molecule has 1 aliphatic rings. The minimum absolute atomic E-state index is 0.229. The second-order valence-electron chi connectivity index (χ2n) is 4.30. The molecule has 0 radical (unpaired) electrons. The fourth-order valence-electron chi connectivity index (χ4n) is 2.22. The molecule has 0 saturated carbocycles. The minimum atomic E-state index is -0.935. The molecular weight excluding hydrogens is 300 g/mol. The molecule has 1 aliphatic heterocycles. The molecule has 5 nitrogen and oxygen atoms in total. The van der Waals surface area contributed by atoms with Gasteiger partial charge >= 0.3 is 5.97 Å². The van der Waals surface area contributed by atoms with Crippen LogP contribution in [0.3, 0.4) is 0 Å². The summed E-state index contributed by atoms with van der Waals surface area (Å²) in [5.74, 6) is 0.153. The van der Waals surface area contributed by atoms with Gasteiger partial charge in [-0.1, -0.05) is 0 Å². The van der Waals surface area contributed by atoms with Gasteiger partial charge in [0.25, 0.3) is 0 Å². The van der Waals surface area contributed by atoms with Crippen molar-refractivity contribution in [3.63, 3.8) is 0 Å². The summed E-state index contributed by atoms with van der Waals surface area (Å²) in [5, 5.41) is 9.04. The Morgan fingerprint density at radius 1 is 1.56 bits per heavy atom. The number of nitrogens with zero attached hydrogens (tertiary/aromatic N) is 2. The Morgan fingerprint density at radius 3 is 3.06 bits per heavy atom. The quantitative estimate of drug-likeness (QED) is 0.924. The summed E-state index contributed by atoms with van der Waals surface area (Å²) in [4.78, 5) is 15.5. The number of hydrogen-bond acceptors (Lipinski definition) is 3. The molecule has 94 valence electrons. The maximum atomic E-state index is 11.0. The Hall–Kier alpha value is -1.40. The second kappa shape index (κ2) is 4.37. The third-order valence-electron chi connectivity index (χ3n) is 3.16. The number of halogens is 1. The Balaban J connectivity index is 2.18. The van der Waals surface area contributed by atoms with Crippen molar-refractivity contribution in [2.75, 3.05) is 13.2 Å². The number of hydrogen-bond donors (Lipinski definition) is 1. The maximum Gasteiger partial charge on any atom is 0.337 e. The van der Waals surface area contributed by atoms with Crippen LogP contribution in [0.1, 0.15) is 28.5 Å². The first kappa shape index (κ1) is 11.7. The van der Waals surface area contributed by atoms with Crippen LogP contribution in [-0.2, 0) is 4.74 Å². The standard InChI is InChI=1S/C12H11BrN2O3/c13-10-9-2-1-7(12(16)17)5-15(9)11(14-10)8-3-4-18-6-8/h1-2,5,8H,3-4,6H2,(H,16,17). The molecule has 18 heavy (non-hydrogen) atoms. The number of imidazole rings is 1. The van der Waals surface area contributed by atoms with Gasteiger partial charge in [0.1, 0.15) is 10.4 Å². The summed E-state index contributed by atoms with van der Waals surface area (Å²) in [7, 11) is 0. The third kappa shape index (κ3) is 1.81. The van der Waals surface area contributed by atoms with Crippen LogP contribution in [0.2, 0.25) is 0 Å². The number of ether oxygens (including phenoxy) is 1. The largest absolute Gasteiger partial charge is 0.478 e. The van der Waals surface area contributed by atoms with E-state index < -0.39 is 5.97 Å². The van der Waals surface area contributed by atoms with Crippen LogP contribution in [0.4, 0.5) is 0 Å². The molecule has 0 aliphatic carbocycles. The van der Waals surface area contributed by atoms with Crippen molar-refractivity contribution in [3.05, 3.63) is 34.3 Å². The fraction of sp³-hybridized carbons (Fsp3) is 0.333. The number of carbonyl (C=O) groups is 1. The predicted molar refractivity (Wildman–Crippen MR) is 68.0 cm³/mol. The summed E-state index contributed by atoms with van der Waals surface area (Å²) in [6.07, 6.45) is 2.53. The van der Waals surface area contributed by atoms with E-state index in [-0.39, 0.29) is 11.5 Å². The van der Waals surface area contributed by atoms with Crippen LogP contribution in [0.25, 0.3) is 5.52 Å². The normalized spacial score (nSPS) is 19.5. The molecule has 1 unspecified atom stereocenters. The van der Waals surface area contributed by atoms with Gasteiger partial charge in [0.2, 0.25) is 0 Å². The van der Waals surface area contributed by atoms with Gasteiger partial charge in [-0.3, -0.25) is 0 Å². The predicted octanol–water partition coefficient (Wildman–Crippen LogP) is 2.30.